The van der Waals surface area contributed by atoms with E-state index in [-0.39, 0.29) is 23.9 Å². The van der Waals surface area contributed by atoms with Gasteiger partial charge in [0.25, 0.3) is 5.91 Å². The van der Waals surface area contributed by atoms with Crippen molar-refractivity contribution < 1.29 is 13.2 Å². The number of benzene rings is 3. The average molecular weight is 511 g/mol. The highest BCUT2D eigenvalue weighted by atomic mass is 35.5. The molecule has 0 fully saturated rings. The number of rotatable bonds is 9. The van der Waals surface area contributed by atoms with Crippen molar-refractivity contribution in [2.45, 2.75) is 24.5 Å². The van der Waals surface area contributed by atoms with E-state index in [2.05, 4.69) is 5.32 Å². The maximum Gasteiger partial charge on any atom is 0.251 e. The maximum absolute atomic E-state index is 13.4. The van der Waals surface area contributed by atoms with Gasteiger partial charge in [-0.15, -0.1) is 11.3 Å². The van der Waals surface area contributed by atoms with E-state index in [0.717, 1.165) is 16.0 Å². The highest BCUT2D eigenvalue weighted by Crippen LogP contribution is 2.23. The first-order chi connectivity index (χ1) is 16.4. The maximum atomic E-state index is 13.4. The van der Waals surface area contributed by atoms with Gasteiger partial charge in [-0.1, -0.05) is 60.1 Å². The zero-order valence-corrected chi connectivity index (χ0v) is 20.6. The van der Waals surface area contributed by atoms with Crippen molar-refractivity contribution >= 4 is 38.9 Å². The number of carbonyl (C=O) groups excluding carboxylic acids is 1. The molecule has 0 radical (unpaired) electrons. The monoisotopic (exact) mass is 510 g/mol. The van der Waals surface area contributed by atoms with Gasteiger partial charge in [-0.05, 0) is 59.0 Å². The molecule has 4 aromatic rings. The van der Waals surface area contributed by atoms with Crippen molar-refractivity contribution in [2.75, 3.05) is 0 Å². The topological polar surface area (TPSA) is 66.5 Å². The number of nitrogens with zero attached hydrogens (tertiary/aromatic N) is 1. The van der Waals surface area contributed by atoms with Gasteiger partial charge in [0.15, 0.2) is 0 Å². The molecule has 0 aliphatic carbocycles. The van der Waals surface area contributed by atoms with Crippen molar-refractivity contribution in [3.05, 3.63) is 123 Å². The van der Waals surface area contributed by atoms with Crippen LogP contribution in [-0.2, 0) is 29.7 Å². The molecule has 0 saturated heterocycles. The molecule has 0 aliphatic rings. The second kappa shape index (κ2) is 11.0. The number of carbonyl (C=O) groups is 1. The van der Waals surface area contributed by atoms with Gasteiger partial charge >= 0.3 is 0 Å². The van der Waals surface area contributed by atoms with Gasteiger partial charge in [-0.3, -0.25) is 4.79 Å². The fraction of sp³-hybridized carbons (Fsp3) is 0.115. The molecule has 0 saturated carbocycles. The van der Waals surface area contributed by atoms with Gasteiger partial charge in [-0.25, -0.2) is 8.42 Å². The zero-order chi connectivity index (χ0) is 24.0. The summed E-state index contributed by atoms with van der Waals surface area (Å²) in [6, 6.07) is 26.5. The second-order valence-corrected chi connectivity index (χ2v) is 11.1. The SMILES string of the molecule is O=C(NCc1cccs1)c1ccc(CN(Cc2ccccc2)S(=O)(=O)c2ccc(Cl)cc2)cc1. The van der Waals surface area contributed by atoms with E-state index in [4.69, 9.17) is 11.6 Å². The number of sulfonamides is 1. The molecule has 0 spiro atoms. The Balaban J connectivity index is 1.52. The van der Waals surface area contributed by atoms with Gasteiger partial charge in [0.2, 0.25) is 10.0 Å². The van der Waals surface area contributed by atoms with E-state index in [1.165, 1.54) is 16.4 Å². The van der Waals surface area contributed by atoms with Crippen LogP contribution in [0.25, 0.3) is 0 Å². The summed E-state index contributed by atoms with van der Waals surface area (Å²) in [5, 5.41) is 5.34. The molecule has 1 N–H and O–H groups in total. The van der Waals surface area contributed by atoms with E-state index < -0.39 is 10.0 Å². The van der Waals surface area contributed by atoms with E-state index in [1.807, 2.05) is 47.8 Å². The molecular weight excluding hydrogens is 488 g/mol. The zero-order valence-electron chi connectivity index (χ0n) is 18.2. The first-order valence-electron chi connectivity index (χ1n) is 10.6. The Morgan fingerprint density at radius 3 is 2.09 bits per heavy atom. The minimum atomic E-state index is -3.78. The van der Waals surface area contributed by atoms with Crippen molar-refractivity contribution in [3.63, 3.8) is 0 Å². The van der Waals surface area contributed by atoms with Gasteiger partial charge in [0, 0.05) is 28.6 Å². The third-order valence-corrected chi connectivity index (χ3v) is 8.17. The number of halogens is 1. The highest BCUT2D eigenvalue weighted by Gasteiger charge is 2.25. The van der Waals surface area contributed by atoms with Crippen LogP contribution < -0.4 is 5.32 Å². The average Bonchev–Trinajstić information content (AvgIpc) is 3.37. The minimum absolute atomic E-state index is 0.164. The summed E-state index contributed by atoms with van der Waals surface area (Å²) < 4.78 is 28.3. The normalized spacial score (nSPS) is 11.5. The Labute approximate surface area is 208 Å². The quantitative estimate of drug-likeness (QED) is 0.313. The van der Waals surface area contributed by atoms with Crippen molar-refractivity contribution in [2.24, 2.45) is 0 Å². The third kappa shape index (κ3) is 6.12. The van der Waals surface area contributed by atoms with Crippen LogP contribution in [0.5, 0.6) is 0 Å². The predicted molar refractivity (Wildman–Crippen MR) is 136 cm³/mol. The Morgan fingerprint density at radius 1 is 0.824 bits per heavy atom. The van der Waals surface area contributed by atoms with Crippen molar-refractivity contribution in [1.29, 1.82) is 0 Å². The van der Waals surface area contributed by atoms with Crippen LogP contribution in [0.2, 0.25) is 5.02 Å². The second-order valence-electron chi connectivity index (χ2n) is 7.67. The Hall–Kier alpha value is -2.97. The lowest BCUT2D eigenvalue weighted by Gasteiger charge is -2.23. The van der Waals surface area contributed by atoms with Crippen LogP contribution in [0, 0.1) is 0 Å². The molecule has 0 atom stereocenters. The molecular formula is C26H23ClN2O3S2. The molecule has 0 aliphatic heterocycles. The minimum Gasteiger partial charge on any atom is -0.347 e. The van der Waals surface area contributed by atoms with Crippen LogP contribution in [0.4, 0.5) is 0 Å². The molecule has 0 unspecified atom stereocenters. The largest absolute Gasteiger partial charge is 0.347 e. The Kier molecular flexibility index (Phi) is 7.80. The van der Waals surface area contributed by atoms with Gasteiger partial charge in [-0.2, -0.15) is 4.31 Å². The standard InChI is InChI=1S/C26H23ClN2O3S2/c27-23-12-14-25(15-13-23)34(31,32)29(18-20-5-2-1-3-6-20)19-21-8-10-22(11-9-21)26(30)28-17-24-7-4-16-33-24/h1-16H,17-19H2,(H,28,30). The smallest absolute Gasteiger partial charge is 0.251 e. The molecule has 8 heteroatoms. The van der Waals surface area contributed by atoms with Gasteiger partial charge < -0.3 is 5.32 Å². The summed E-state index contributed by atoms with van der Waals surface area (Å²) in [4.78, 5) is 13.7. The first-order valence-corrected chi connectivity index (χ1v) is 13.3. The molecule has 174 valence electrons. The molecule has 1 aromatic heterocycles. The van der Waals surface area contributed by atoms with Crippen molar-refractivity contribution in [3.8, 4) is 0 Å². The van der Waals surface area contributed by atoms with Crippen LogP contribution in [-0.4, -0.2) is 18.6 Å². The summed E-state index contributed by atoms with van der Waals surface area (Å²) >= 11 is 7.54. The molecule has 4 rings (SSSR count). The lowest BCUT2D eigenvalue weighted by atomic mass is 10.1. The number of nitrogens with one attached hydrogen (secondary N) is 1. The summed E-state index contributed by atoms with van der Waals surface area (Å²) in [5.74, 6) is -0.171. The first kappa shape index (κ1) is 24.2. The predicted octanol–water partition coefficient (Wildman–Crippen LogP) is 5.72. The molecule has 1 heterocycles. The summed E-state index contributed by atoms with van der Waals surface area (Å²) in [6.45, 7) is 0.855. The number of thiophene rings is 1. The summed E-state index contributed by atoms with van der Waals surface area (Å²) in [6.07, 6.45) is 0. The van der Waals surface area contributed by atoms with Crippen LogP contribution in [0.3, 0.4) is 0 Å². The van der Waals surface area contributed by atoms with Gasteiger partial charge in [0.1, 0.15) is 0 Å². The van der Waals surface area contributed by atoms with Crippen LogP contribution in [0.15, 0.2) is 101 Å². The number of hydrogen-bond acceptors (Lipinski definition) is 4. The lowest BCUT2D eigenvalue weighted by Crippen LogP contribution is -2.30. The molecule has 5 nitrogen and oxygen atoms in total. The molecule has 0 bridgehead atoms. The van der Waals surface area contributed by atoms with E-state index in [9.17, 15) is 13.2 Å². The Bertz CT molecular complexity index is 1320. The molecule has 3 aromatic carbocycles. The van der Waals surface area contributed by atoms with E-state index >= 15 is 0 Å². The fourth-order valence-corrected chi connectivity index (χ4v) is 5.60. The number of amides is 1. The number of hydrogen-bond donors (Lipinski definition) is 1. The van der Waals surface area contributed by atoms with Crippen LogP contribution >= 0.6 is 22.9 Å². The highest BCUT2D eigenvalue weighted by molar-refractivity contribution is 7.89. The molecule has 1 amide bonds. The van der Waals surface area contributed by atoms with E-state index in [0.29, 0.717) is 17.1 Å². The van der Waals surface area contributed by atoms with E-state index in [1.54, 1.807) is 47.7 Å². The summed E-state index contributed by atoms with van der Waals surface area (Å²) in [7, 11) is -3.78. The lowest BCUT2D eigenvalue weighted by molar-refractivity contribution is 0.0951. The summed E-state index contributed by atoms with van der Waals surface area (Å²) in [5.41, 5.74) is 2.18. The van der Waals surface area contributed by atoms with Crippen LogP contribution in [0.1, 0.15) is 26.4 Å². The van der Waals surface area contributed by atoms with Crippen molar-refractivity contribution in [1.82, 2.24) is 9.62 Å². The fourth-order valence-electron chi connectivity index (χ4n) is 3.42. The molecule has 34 heavy (non-hydrogen) atoms. The third-order valence-electron chi connectivity index (χ3n) is 5.23. The Morgan fingerprint density at radius 2 is 1.47 bits per heavy atom. The van der Waals surface area contributed by atoms with Gasteiger partial charge in [0.05, 0.1) is 11.4 Å².